The predicted molar refractivity (Wildman–Crippen MR) is 77.9 cm³/mol. The van der Waals surface area contributed by atoms with E-state index in [1.807, 2.05) is 44.2 Å². The molecule has 2 aromatic heterocycles. The van der Waals surface area contributed by atoms with Crippen molar-refractivity contribution in [2.45, 2.75) is 20.4 Å². The summed E-state index contributed by atoms with van der Waals surface area (Å²) in [5.74, 6) is 1.48. The zero-order valence-electron chi connectivity index (χ0n) is 11.4. The summed E-state index contributed by atoms with van der Waals surface area (Å²) < 4.78 is 5.12. The highest BCUT2D eigenvalue weighted by Crippen LogP contribution is 2.16. The molecular weight excluding hydrogens is 254 g/mol. The number of anilines is 1. The van der Waals surface area contributed by atoms with Gasteiger partial charge in [-0.15, -0.1) is 0 Å². The maximum absolute atomic E-state index is 12.0. The van der Waals surface area contributed by atoms with E-state index in [-0.39, 0.29) is 5.56 Å². The highest BCUT2D eigenvalue weighted by molar-refractivity contribution is 5.83. The maximum atomic E-state index is 12.0. The van der Waals surface area contributed by atoms with Gasteiger partial charge in [-0.1, -0.05) is 23.4 Å². The quantitative estimate of drug-likeness (QED) is 0.767. The molecule has 0 bridgehead atoms. The van der Waals surface area contributed by atoms with Gasteiger partial charge in [0.15, 0.2) is 0 Å². The van der Waals surface area contributed by atoms with Crippen molar-refractivity contribution in [3.63, 3.8) is 0 Å². The molecule has 0 unspecified atom stereocenters. The minimum atomic E-state index is -0.0932. The molecule has 0 atom stereocenters. The van der Waals surface area contributed by atoms with Crippen LogP contribution in [0.15, 0.2) is 39.6 Å². The van der Waals surface area contributed by atoms with Crippen molar-refractivity contribution in [2.24, 2.45) is 0 Å². The fraction of sp³-hybridized carbons (Fsp3) is 0.200. The molecule has 0 radical (unpaired) electrons. The van der Waals surface area contributed by atoms with Gasteiger partial charge in [0, 0.05) is 17.5 Å². The van der Waals surface area contributed by atoms with E-state index in [1.54, 1.807) is 0 Å². The number of hydrogen-bond acceptors (Lipinski definition) is 4. The SMILES string of the molecule is Cc1noc(C)c1CNc1cc2ccccc2c(=O)[nH]1. The molecule has 0 fully saturated rings. The first kappa shape index (κ1) is 12.5. The van der Waals surface area contributed by atoms with E-state index in [1.165, 1.54) is 0 Å². The summed E-state index contributed by atoms with van der Waals surface area (Å²) in [7, 11) is 0. The first-order chi connectivity index (χ1) is 9.65. The lowest BCUT2D eigenvalue weighted by Crippen LogP contribution is -2.11. The normalized spacial score (nSPS) is 10.9. The van der Waals surface area contributed by atoms with Crippen LogP contribution >= 0.6 is 0 Å². The largest absolute Gasteiger partial charge is 0.367 e. The van der Waals surface area contributed by atoms with E-state index < -0.39 is 0 Å². The van der Waals surface area contributed by atoms with Gasteiger partial charge in [0.05, 0.1) is 5.69 Å². The topological polar surface area (TPSA) is 70.9 Å². The average Bonchev–Trinajstić information content (AvgIpc) is 2.76. The van der Waals surface area contributed by atoms with Crippen molar-refractivity contribution in [1.29, 1.82) is 0 Å². The van der Waals surface area contributed by atoms with Crippen molar-refractivity contribution in [3.8, 4) is 0 Å². The molecule has 20 heavy (non-hydrogen) atoms. The Morgan fingerprint density at radius 1 is 1.30 bits per heavy atom. The molecule has 3 rings (SSSR count). The minimum absolute atomic E-state index is 0.0932. The fourth-order valence-corrected chi connectivity index (χ4v) is 2.24. The molecule has 0 aliphatic rings. The number of rotatable bonds is 3. The van der Waals surface area contributed by atoms with Crippen LogP contribution in [0.25, 0.3) is 10.8 Å². The lowest BCUT2D eigenvalue weighted by molar-refractivity contribution is 0.392. The van der Waals surface area contributed by atoms with Crippen molar-refractivity contribution in [3.05, 3.63) is 57.7 Å². The molecule has 1 aromatic carbocycles. The van der Waals surface area contributed by atoms with Crippen LogP contribution in [0.4, 0.5) is 5.82 Å². The molecule has 0 aliphatic heterocycles. The third-order valence-corrected chi connectivity index (χ3v) is 3.39. The number of pyridine rings is 1. The number of hydrogen-bond donors (Lipinski definition) is 2. The number of fused-ring (bicyclic) bond motifs is 1. The number of H-pyrrole nitrogens is 1. The van der Waals surface area contributed by atoms with Crippen LogP contribution < -0.4 is 10.9 Å². The Labute approximate surface area is 115 Å². The van der Waals surface area contributed by atoms with Crippen molar-refractivity contribution in [2.75, 3.05) is 5.32 Å². The van der Waals surface area contributed by atoms with E-state index in [9.17, 15) is 4.79 Å². The van der Waals surface area contributed by atoms with Gasteiger partial charge in [-0.3, -0.25) is 4.79 Å². The van der Waals surface area contributed by atoms with Crippen molar-refractivity contribution >= 4 is 16.6 Å². The number of nitrogens with zero attached hydrogens (tertiary/aromatic N) is 1. The first-order valence-electron chi connectivity index (χ1n) is 6.43. The van der Waals surface area contributed by atoms with E-state index in [0.717, 1.165) is 22.4 Å². The van der Waals surface area contributed by atoms with Gasteiger partial charge in [0.1, 0.15) is 11.6 Å². The molecule has 0 saturated heterocycles. The molecule has 102 valence electrons. The summed E-state index contributed by atoms with van der Waals surface area (Å²) in [6.07, 6.45) is 0. The molecule has 0 aliphatic carbocycles. The van der Waals surface area contributed by atoms with Crippen LogP contribution in [0.5, 0.6) is 0 Å². The first-order valence-corrected chi connectivity index (χ1v) is 6.43. The summed E-state index contributed by atoms with van der Waals surface area (Å²) in [4.78, 5) is 14.8. The van der Waals surface area contributed by atoms with Crippen LogP contribution in [0, 0.1) is 13.8 Å². The van der Waals surface area contributed by atoms with Gasteiger partial charge < -0.3 is 14.8 Å². The summed E-state index contributed by atoms with van der Waals surface area (Å²) in [6.45, 7) is 4.34. The summed E-state index contributed by atoms with van der Waals surface area (Å²) in [5, 5.41) is 8.72. The molecule has 2 heterocycles. The Hall–Kier alpha value is -2.56. The molecular formula is C15H15N3O2. The number of benzene rings is 1. The second-order valence-corrected chi connectivity index (χ2v) is 4.76. The number of aryl methyl sites for hydroxylation is 2. The standard InChI is InChI=1S/C15H15N3O2/c1-9-13(10(2)20-18-9)8-16-14-7-11-5-3-4-6-12(11)15(19)17-14/h3-7H,8H2,1-2H3,(H2,16,17,19). The Morgan fingerprint density at radius 2 is 2.10 bits per heavy atom. The van der Waals surface area contributed by atoms with Crippen molar-refractivity contribution in [1.82, 2.24) is 10.1 Å². The number of aromatic amines is 1. The zero-order valence-corrected chi connectivity index (χ0v) is 11.4. The van der Waals surface area contributed by atoms with Gasteiger partial charge in [-0.2, -0.15) is 0 Å². The molecule has 2 N–H and O–H groups in total. The Morgan fingerprint density at radius 3 is 2.85 bits per heavy atom. The number of aromatic nitrogens is 2. The molecule has 0 amide bonds. The van der Waals surface area contributed by atoms with Crippen LogP contribution in [-0.2, 0) is 6.54 Å². The van der Waals surface area contributed by atoms with Gasteiger partial charge in [0.2, 0.25) is 0 Å². The summed E-state index contributed by atoms with van der Waals surface area (Å²) >= 11 is 0. The van der Waals surface area contributed by atoms with E-state index in [2.05, 4.69) is 15.5 Å². The van der Waals surface area contributed by atoms with E-state index >= 15 is 0 Å². The Bertz CT molecular complexity index is 798. The zero-order chi connectivity index (χ0) is 14.1. The lowest BCUT2D eigenvalue weighted by atomic mass is 10.1. The lowest BCUT2D eigenvalue weighted by Gasteiger charge is -2.07. The second-order valence-electron chi connectivity index (χ2n) is 4.76. The van der Waals surface area contributed by atoms with Crippen LogP contribution in [0.2, 0.25) is 0 Å². The molecule has 0 saturated carbocycles. The van der Waals surface area contributed by atoms with Gasteiger partial charge in [-0.05, 0) is 31.4 Å². The van der Waals surface area contributed by atoms with Crippen LogP contribution in [-0.4, -0.2) is 10.1 Å². The minimum Gasteiger partial charge on any atom is -0.367 e. The Balaban J connectivity index is 1.90. The highest BCUT2D eigenvalue weighted by Gasteiger charge is 2.09. The van der Waals surface area contributed by atoms with E-state index in [4.69, 9.17) is 4.52 Å². The smallest absolute Gasteiger partial charge is 0.257 e. The van der Waals surface area contributed by atoms with Gasteiger partial charge in [0.25, 0.3) is 5.56 Å². The van der Waals surface area contributed by atoms with Crippen molar-refractivity contribution < 1.29 is 4.52 Å². The fourth-order valence-electron chi connectivity index (χ4n) is 2.24. The van der Waals surface area contributed by atoms with Crippen LogP contribution in [0.1, 0.15) is 17.0 Å². The molecule has 3 aromatic rings. The third kappa shape index (κ3) is 2.18. The van der Waals surface area contributed by atoms with Gasteiger partial charge >= 0.3 is 0 Å². The molecule has 5 nitrogen and oxygen atoms in total. The van der Waals surface area contributed by atoms with E-state index in [0.29, 0.717) is 17.7 Å². The monoisotopic (exact) mass is 269 g/mol. The highest BCUT2D eigenvalue weighted by atomic mass is 16.5. The second kappa shape index (κ2) is 4.85. The number of nitrogens with one attached hydrogen (secondary N) is 2. The molecule has 0 spiro atoms. The summed E-state index contributed by atoms with van der Waals surface area (Å²) in [6, 6.07) is 9.43. The third-order valence-electron chi connectivity index (χ3n) is 3.39. The molecule has 5 heteroatoms. The van der Waals surface area contributed by atoms with Gasteiger partial charge in [-0.25, -0.2) is 0 Å². The predicted octanol–water partition coefficient (Wildman–Crippen LogP) is 2.75. The summed E-state index contributed by atoms with van der Waals surface area (Å²) in [5.41, 5.74) is 1.78. The average molecular weight is 269 g/mol. The maximum Gasteiger partial charge on any atom is 0.257 e. The Kier molecular flexibility index (Phi) is 3.02. The van der Waals surface area contributed by atoms with Crippen LogP contribution in [0.3, 0.4) is 0 Å².